The average Bonchev–Trinajstić information content (AvgIpc) is 3.57. The van der Waals surface area contributed by atoms with Gasteiger partial charge >= 0.3 is 0 Å². The van der Waals surface area contributed by atoms with Gasteiger partial charge in [0.1, 0.15) is 5.82 Å². The first kappa shape index (κ1) is 19.0. The topological polar surface area (TPSA) is 81.8 Å². The molecule has 2 fully saturated rings. The van der Waals surface area contributed by atoms with Crippen LogP contribution in [0, 0.1) is 0 Å². The van der Waals surface area contributed by atoms with E-state index in [0.717, 1.165) is 66.2 Å². The summed E-state index contributed by atoms with van der Waals surface area (Å²) in [6.45, 7) is 1.99. The summed E-state index contributed by atoms with van der Waals surface area (Å²) in [4.78, 5) is 20.3. The number of nitrogens with zero attached hydrogens (tertiary/aromatic N) is 1. The molecule has 0 radical (unpaired) electrons. The fourth-order valence-electron chi connectivity index (χ4n) is 4.30. The van der Waals surface area contributed by atoms with Crippen LogP contribution in [-0.2, 0) is 4.79 Å². The zero-order chi connectivity index (χ0) is 20.3. The number of H-pyrrole nitrogens is 1. The van der Waals surface area contributed by atoms with Crippen molar-refractivity contribution in [2.75, 3.05) is 18.4 Å². The number of imidazole rings is 1. The fourth-order valence-corrected chi connectivity index (χ4v) is 4.30. The van der Waals surface area contributed by atoms with E-state index >= 15 is 0 Å². The zero-order valence-corrected chi connectivity index (χ0v) is 16.9. The maximum Gasteiger partial charge on any atom is 0.241 e. The van der Waals surface area contributed by atoms with Gasteiger partial charge in [-0.2, -0.15) is 0 Å². The average molecular weight is 402 g/mol. The van der Waals surface area contributed by atoms with Gasteiger partial charge in [0.25, 0.3) is 0 Å². The van der Waals surface area contributed by atoms with Crippen LogP contribution in [0.3, 0.4) is 0 Å². The predicted octanol–water partition coefficient (Wildman–Crippen LogP) is 3.86. The second-order valence-corrected chi connectivity index (χ2v) is 8.12. The molecule has 4 N–H and O–H groups in total. The molecule has 0 aliphatic carbocycles. The summed E-state index contributed by atoms with van der Waals surface area (Å²) in [6, 6.07) is 16.8. The van der Waals surface area contributed by atoms with Crippen molar-refractivity contribution < 1.29 is 4.79 Å². The van der Waals surface area contributed by atoms with Gasteiger partial charge in [-0.3, -0.25) is 4.79 Å². The van der Waals surface area contributed by atoms with E-state index in [-0.39, 0.29) is 11.9 Å². The molecule has 5 rings (SSSR count). The standard InChI is InChI=1S/C24H27N5O/c30-24(21-4-2-14-26-21)28-19-11-9-17(10-12-19)16-5-7-18(8-6-16)22-15-27-23(29-22)20-3-1-13-25-20/h5-12,15,20-21,25-26H,1-4,13-14H2,(H,27,29)(H,28,30). The van der Waals surface area contributed by atoms with Crippen molar-refractivity contribution in [3.05, 3.63) is 60.6 Å². The minimum atomic E-state index is -0.0651. The summed E-state index contributed by atoms with van der Waals surface area (Å²) < 4.78 is 0. The van der Waals surface area contributed by atoms with Gasteiger partial charge in [0.15, 0.2) is 0 Å². The third kappa shape index (κ3) is 4.01. The van der Waals surface area contributed by atoms with Crippen LogP contribution in [0.5, 0.6) is 0 Å². The summed E-state index contributed by atoms with van der Waals surface area (Å²) in [7, 11) is 0. The van der Waals surface area contributed by atoms with Gasteiger partial charge < -0.3 is 20.9 Å². The number of hydrogen-bond donors (Lipinski definition) is 4. The Bertz CT molecular complexity index is 997. The largest absolute Gasteiger partial charge is 0.341 e. The van der Waals surface area contributed by atoms with Crippen LogP contribution < -0.4 is 16.0 Å². The lowest BCUT2D eigenvalue weighted by molar-refractivity contribution is -0.117. The highest BCUT2D eigenvalue weighted by atomic mass is 16.2. The van der Waals surface area contributed by atoms with Gasteiger partial charge in [-0.25, -0.2) is 4.98 Å². The van der Waals surface area contributed by atoms with Gasteiger partial charge in [-0.1, -0.05) is 36.4 Å². The molecule has 2 aliphatic rings. The maximum atomic E-state index is 12.2. The zero-order valence-electron chi connectivity index (χ0n) is 16.9. The van der Waals surface area contributed by atoms with Gasteiger partial charge in [0.2, 0.25) is 5.91 Å². The van der Waals surface area contributed by atoms with Gasteiger partial charge in [-0.05, 0) is 67.6 Å². The third-order valence-electron chi connectivity index (χ3n) is 6.04. The highest BCUT2D eigenvalue weighted by Gasteiger charge is 2.22. The number of rotatable bonds is 5. The van der Waals surface area contributed by atoms with Crippen molar-refractivity contribution in [1.29, 1.82) is 0 Å². The molecule has 2 aromatic carbocycles. The summed E-state index contributed by atoms with van der Waals surface area (Å²) >= 11 is 0. The third-order valence-corrected chi connectivity index (χ3v) is 6.04. The lowest BCUT2D eigenvalue weighted by atomic mass is 10.0. The molecule has 30 heavy (non-hydrogen) atoms. The van der Waals surface area contributed by atoms with Crippen LogP contribution >= 0.6 is 0 Å². The number of carbonyl (C=O) groups is 1. The van der Waals surface area contributed by atoms with Gasteiger partial charge in [0.05, 0.1) is 24.0 Å². The number of hydrogen-bond acceptors (Lipinski definition) is 4. The van der Waals surface area contributed by atoms with Crippen molar-refractivity contribution in [2.45, 2.75) is 37.8 Å². The molecule has 1 aromatic heterocycles. The van der Waals surface area contributed by atoms with E-state index in [2.05, 4.69) is 50.2 Å². The molecular formula is C24H27N5O. The lowest BCUT2D eigenvalue weighted by Crippen LogP contribution is -2.35. The molecule has 6 heteroatoms. The number of amides is 1. The summed E-state index contributed by atoms with van der Waals surface area (Å²) in [5.41, 5.74) is 5.28. The van der Waals surface area contributed by atoms with Gasteiger partial charge in [-0.15, -0.1) is 0 Å². The van der Waals surface area contributed by atoms with Gasteiger partial charge in [0, 0.05) is 5.69 Å². The lowest BCUT2D eigenvalue weighted by Gasteiger charge is -2.11. The minimum absolute atomic E-state index is 0.0522. The van der Waals surface area contributed by atoms with Crippen LogP contribution in [0.25, 0.3) is 22.4 Å². The predicted molar refractivity (Wildman–Crippen MR) is 119 cm³/mol. The monoisotopic (exact) mass is 401 g/mol. The molecule has 3 aromatic rings. The molecule has 6 nitrogen and oxygen atoms in total. The second kappa shape index (κ2) is 8.42. The molecule has 3 heterocycles. The molecule has 0 spiro atoms. The SMILES string of the molecule is O=C(Nc1ccc(-c2ccc(-c3cnc(C4CCCN4)[nH]3)cc2)cc1)C1CCCN1. The highest BCUT2D eigenvalue weighted by molar-refractivity contribution is 5.95. The van der Waals surface area contributed by atoms with E-state index in [1.54, 1.807) is 0 Å². The second-order valence-electron chi connectivity index (χ2n) is 8.12. The number of anilines is 1. The molecule has 154 valence electrons. The molecule has 2 unspecified atom stereocenters. The van der Waals surface area contributed by atoms with E-state index in [1.165, 1.54) is 6.42 Å². The molecule has 0 saturated carbocycles. The normalized spacial score (nSPS) is 21.1. The Hall–Kier alpha value is -2.96. The van der Waals surface area contributed by atoms with E-state index in [9.17, 15) is 4.79 Å². The van der Waals surface area contributed by atoms with Crippen LogP contribution in [0.1, 0.15) is 37.5 Å². The van der Waals surface area contributed by atoms with Crippen molar-refractivity contribution >= 4 is 11.6 Å². The first-order valence-corrected chi connectivity index (χ1v) is 10.8. The van der Waals surface area contributed by atoms with E-state index in [1.807, 2.05) is 30.5 Å². The Morgan fingerprint density at radius 2 is 1.53 bits per heavy atom. The quantitative estimate of drug-likeness (QED) is 0.523. The van der Waals surface area contributed by atoms with Crippen LogP contribution in [-0.4, -0.2) is 35.0 Å². The van der Waals surface area contributed by atoms with E-state index < -0.39 is 0 Å². The maximum absolute atomic E-state index is 12.2. The molecule has 2 atom stereocenters. The summed E-state index contributed by atoms with van der Waals surface area (Å²) in [6.07, 6.45) is 6.23. The summed E-state index contributed by atoms with van der Waals surface area (Å²) in [5.74, 6) is 1.08. The highest BCUT2D eigenvalue weighted by Crippen LogP contribution is 2.27. The van der Waals surface area contributed by atoms with Crippen LogP contribution in [0.4, 0.5) is 5.69 Å². The van der Waals surface area contributed by atoms with Crippen LogP contribution in [0.15, 0.2) is 54.7 Å². The minimum Gasteiger partial charge on any atom is -0.341 e. The smallest absolute Gasteiger partial charge is 0.241 e. The molecule has 2 saturated heterocycles. The fraction of sp³-hybridized carbons (Fsp3) is 0.333. The van der Waals surface area contributed by atoms with Crippen molar-refractivity contribution in [2.24, 2.45) is 0 Å². The number of aromatic amines is 1. The number of carbonyl (C=O) groups excluding carboxylic acids is 1. The Labute approximate surface area is 176 Å². The van der Waals surface area contributed by atoms with E-state index in [0.29, 0.717) is 6.04 Å². The molecule has 1 amide bonds. The molecular weight excluding hydrogens is 374 g/mol. The summed E-state index contributed by atoms with van der Waals surface area (Å²) in [5, 5.41) is 9.70. The first-order valence-electron chi connectivity index (χ1n) is 10.8. The number of nitrogens with one attached hydrogen (secondary N) is 4. The van der Waals surface area contributed by atoms with Crippen molar-refractivity contribution in [3.8, 4) is 22.4 Å². The first-order chi connectivity index (χ1) is 14.8. The van der Waals surface area contributed by atoms with Crippen molar-refractivity contribution in [1.82, 2.24) is 20.6 Å². The number of aromatic nitrogens is 2. The van der Waals surface area contributed by atoms with Crippen LogP contribution in [0.2, 0.25) is 0 Å². The Morgan fingerprint density at radius 1 is 0.867 bits per heavy atom. The van der Waals surface area contributed by atoms with E-state index in [4.69, 9.17) is 0 Å². The molecule has 2 aliphatic heterocycles. The Balaban J connectivity index is 1.25. The molecule has 0 bridgehead atoms. The Kier molecular flexibility index (Phi) is 5.34. The number of benzene rings is 2. The Morgan fingerprint density at radius 3 is 2.20 bits per heavy atom. The van der Waals surface area contributed by atoms with Crippen molar-refractivity contribution in [3.63, 3.8) is 0 Å².